The van der Waals surface area contributed by atoms with Crippen molar-refractivity contribution in [1.29, 1.82) is 0 Å². The lowest BCUT2D eigenvalue weighted by Gasteiger charge is -2.24. The first-order valence-corrected chi connectivity index (χ1v) is 12.1. The van der Waals surface area contributed by atoms with Crippen molar-refractivity contribution in [3.05, 3.63) is 82.8 Å². The van der Waals surface area contributed by atoms with Gasteiger partial charge in [0.2, 0.25) is 0 Å². The highest BCUT2D eigenvalue weighted by molar-refractivity contribution is 6.51. The Kier molecular flexibility index (Phi) is 7.20. The van der Waals surface area contributed by atoms with Crippen LogP contribution in [0.3, 0.4) is 0 Å². The van der Waals surface area contributed by atoms with Crippen LogP contribution in [-0.2, 0) is 9.59 Å². The van der Waals surface area contributed by atoms with Gasteiger partial charge in [0.15, 0.2) is 0 Å². The number of nitrogens with zero attached hydrogens (tertiary/aromatic N) is 1. The van der Waals surface area contributed by atoms with Gasteiger partial charge in [0.25, 0.3) is 11.7 Å². The van der Waals surface area contributed by atoms with Gasteiger partial charge in [-0.05, 0) is 74.7 Å². The van der Waals surface area contributed by atoms with E-state index in [1.165, 1.54) is 4.90 Å². The van der Waals surface area contributed by atoms with Crippen molar-refractivity contribution in [2.75, 3.05) is 18.1 Å². The molecule has 0 spiro atoms. The molecule has 1 unspecified atom stereocenters. The van der Waals surface area contributed by atoms with Crippen molar-refractivity contribution in [2.24, 2.45) is 0 Å². The molecule has 1 atom stereocenters. The molecule has 1 aliphatic heterocycles. The van der Waals surface area contributed by atoms with E-state index in [0.717, 1.165) is 11.3 Å². The third-order valence-corrected chi connectivity index (χ3v) is 6.09. The van der Waals surface area contributed by atoms with Crippen LogP contribution < -0.4 is 14.4 Å². The summed E-state index contributed by atoms with van der Waals surface area (Å²) in [6.45, 7) is 10.6. The molecule has 3 aromatic rings. The standard InChI is InChI=1S/C29H31NO6/c1-6-34-21-10-8-9-20(16-21)30-26(24-13-11-18(5)36-24)25(28(32)29(30)33)27(31)19-12-14-23(35-7-2)22(15-19)17(3)4/h8-17,26,31H,6-7H2,1-5H3/b27-25-. The molecule has 1 N–H and O–H groups in total. The number of hydrogen-bond donors (Lipinski definition) is 1. The Bertz CT molecular complexity index is 1320. The van der Waals surface area contributed by atoms with Gasteiger partial charge in [0.05, 0.1) is 18.8 Å². The fourth-order valence-electron chi connectivity index (χ4n) is 4.45. The molecule has 0 bridgehead atoms. The zero-order valence-corrected chi connectivity index (χ0v) is 21.2. The molecule has 0 aliphatic carbocycles. The Morgan fingerprint density at radius 2 is 1.78 bits per heavy atom. The third kappa shape index (κ3) is 4.61. The number of hydrogen-bond acceptors (Lipinski definition) is 6. The molecule has 7 nitrogen and oxygen atoms in total. The first-order valence-electron chi connectivity index (χ1n) is 12.1. The number of ketones is 1. The van der Waals surface area contributed by atoms with Gasteiger partial charge in [-0.15, -0.1) is 0 Å². The van der Waals surface area contributed by atoms with Gasteiger partial charge in [-0.3, -0.25) is 14.5 Å². The van der Waals surface area contributed by atoms with Crippen LogP contribution in [0, 0.1) is 6.92 Å². The molecule has 1 saturated heterocycles. The van der Waals surface area contributed by atoms with Gasteiger partial charge in [-0.1, -0.05) is 19.9 Å². The minimum absolute atomic E-state index is 0.0324. The third-order valence-electron chi connectivity index (χ3n) is 6.09. The second-order valence-corrected chi connectivity index (χ2v) is 8.89. The second-order valence-electron chi connectivity index (χ2n) is 8.89. The van der Waals surface area contributed by atoms with Crippen LogP contribution in [-0.4, -0.2) is 30.0 Å². The Labute approximate surface area is 210 Å². The number of anilines is 1. The van der Waals surface area contributed by atoms with E-state index in [1.54, 1.807) is 61.5 Å². The summed E-state index contributed by atoms with van der Waals surface area (Å²) in [7, 11) is 0. The number of benzene rings is 2. The topological polar surface area (TPSA) is 89.2 Å². The van der Waals surface area contributed by atoms with Gasteiger partial charge >= 0.3 is 0 Å². The maximum Gasteiger partial charge on any atom is 0.300 e. The van der Waals surface area contributed by atoms with Crippen molar-refractivity contribution in [1.82, 2.24) is 0 Å². The van der Waals surface area contributed by atoms with E-state index >= 15 is 0 Å². The van der Waals surface area contributed by atoms with Crippen LogP contribution in [0.15, 0.2) is 64.6 Å². The van der Waals surface area contributed by atoms with Gasteiger partial charge in [-0.25, -0.2) is 0 Å². The number of Topliss-reactive ketones (excluding diaryl/α,β-unsaturated/α-hetero) is 1. The zero-order chi connectivity index (χ0) is 26.0. The molecular formula is C29H31NO6. The summed E-state index contributed by atoms with van der Waals surface area (Å²) in [6, 6.07) is 14.8. The largest absolute Gasteiger partial charge is 0.507 e. The molecule has 1 amide bonds. The molecule has 1 fully saturated rings. The maximum atomic E-state index is 13.4. The number of aliphatic hydroxyl groups is 1. The fraction of sp³-hybridized carbons (Fsp3) is 0.310. The van der Waals surface area contributed by atoms with Crippen molar-refractivity contribution in [3.8, 4) is 11.5 Å². The van der Waals surface area contributed by atoms with E-state index in [2.05, 4.69) is 0 Å². The van der Waals surface area contributed by atoms with Crippen molar-refractivity contribution < 1.29 is 28.6 Å². The van der Waals surface area contributed by atoms with E-state index in [0.29, 0.717) is 41.7 Å². The zero-order valence-electron chi connectivity index (χ0n) is 21.2. The number of carbonyl (C=O) groups is 2. The Hall–Kier alpha value is -4.00. The number of ether oxygens (including phenoxy) is 2. The summed E-state index contributed by atoms with van der Waals surface area (Å²) in [5.74, 6) is 0.613. The molecule has 2 aromatic carbocycles. The van der Waals surface area contributed by atoms with Gasteiger partial charge in [0, 0.05) is 17.3 Å². The summed E-state index contributed by atoms with van der Waals surface area (Å²) < 4.78 is 17.2. The van der Waals surface area contributed by atoms with E-state index in [9.17, 15) is 14.7 Å². The van der Waals surface area contributed by atoms with Crippen molar-refractivity contribution >= 4 is 23.1 Å². The molecule has 188 valence electrons. The van der Waals surface area contributed by atoms with E-state index in [-0.39, 0.29) is 17.3 Å². The average molecular weight is 490 g/mol. The average Bonchev–Trinajstić information content (AvgIpc) is 3.40. The van der Waals surface area contributed by atoms with E-state index in [1.807, 2.05) is 27.7 Å². The van der Waals surface area contributed by atoms with Crippen LogP contribution in [0.4, 0.5) is 5.69 Å². The highest BCUT2D eigenvalue weighted by Gasteiger charge is 2.48. The molecule has 36 heavy (non-hydrogen) atoms. The van der Waals surface area contributed by atoms with E-state index in [4.69, 9.17) is 13.9 Å². The lowest BCUT2D eigenvalue weighted by atomic mass is 9.95. The van der Waals surface area contributed by atoms with Gasteiger partial charge in [0.1, 0.15) is 34.8 Å². The predicted molar refractivity (Wildman–Crippen MR) is 138 cm³/mol. The summed E-state index contributed by atoms with van der Waals surface area (Å²) in [5, 5.41) is 11.5. The Morgan fingerprint density at radius 3 is 2.42 bits per heavy atom. The van der Waals surface area contributed by atoms with Crippen molar-refractivity contribution in [2.45, 2.75) is 46.6 Å². The number of furan rings is 1. The van der Waals surface area contributed by atoms with E-state index < -0.39 is 17.7 Å². The van der Waals surface area contributed by atoms with Crippen molar-refractivity contribution in [3.63, 3.8) is 0 Å². The van der Waals surface area contributed by atoms with Gasteiger partial charge < -0.3 is 19.0 Å². The number of amides is 1. The van der Waals surface area contributed by atoms with Gasteiger partial charge in [-0.2, -0.15) is 0 Å². The highest BCUT2D eigenvalue weighted by atomic mass is 16.5. The highest BCUT2D eigenvalue weighted by Crippen LogP contribution is 2.43. The molecule has 0 radical (unpaired) electrons. The molecule has 0 saturated carbocycles. The molecule has 1 aromatic heterocycles. The summed E-state index contributed by atoms with van der Waals surface area (Å²) >= 11 is 0. The van der Waals surface area contributed by atoms with Crippen LogP contribution >= 0.6 is 0 Å². The summed E-state index contributed by atoms with van der Waals surface area (Å²) in [5.41, 5.74) is 1.76. The minimum Gasteiger partial charge on any atom is -0.507 e. The Morgan fingerprint density at radius 1 is 1.03 bits per heavy atom. The molecule has 2 heterocycles. The monoisotopic (exact) mass is 489 g/mol. The van der Waals surface area contributed by atoms with Crippen LogP contribution in [0.25, 0.3) is 5.76 Å². The Balaban J connectivity index is 1.90. The molecule has 7 heteroatoms. The smallest absolute Gasteiger partial charge is 0.300 e. The fourth-order valence-corrected chi connectivity index (χ4v) is 4.45. The normalized spacial score (nSPS) is 17.2. The molecule has 1 aliphatic rings. The minimum atomic E-state index is -0.940. The first kappa shape index (κ1) is 25.1. The number of aryl methyl sites for hydroxylation is 1. The maximum absolute atomic E-state index is 13.4. The lowest BCUT2D eigenvalue weighted by Crippen LogP contribution is -2.29. The number of carbonyl (C=O) groups excluding carboxylic acids is 2. The quantitative estimate of drug-likeness (QED) is 0.232. The SMILES string of the molecule is CCOc1cccc(N2C(=O)C(=O)/C(=C(\O)c3ccc(OCC)c(C(C)C)c3)C2c2ccc(C)o2)c1. The second kappa shape index (κ2) is 10.3. The summed E-state index contributed by atoms with van der Waals surface area (Å²) in [6.07, 6.45) is 0. The summed E-state index contributed by atoms with van der Waals surface area (Å²) in [4.78, 5) is 28.1. The lowest BCUT2D eigenvalue weighted by molar-refractivity contribution is -0.132. The first-order chi connectivity index (χ1) is 17.3. The van der Waals surface area contributed by atoms with Crippen LogP contribution in [0.5, 0.6) is 11.5 Å². The van der Waals surface area contributed by atoms with Crippen LogP contribution in [0.1, 0.15) is 62.3 Å². The van der Waals surface area contributed by atoms with Crippen LogP contribution in [0.2, 0.25) is 0 Å². The molecule has 4 rings (SSSR count). The number of rotatable bonds is 8. The predicted octanol–water partition coefficient (Wildman–Crippen LogP) is 6.14. The number of aliphatic hydroxyl groups excluding tert-OH is 1. The molecular weight excluding hydrogens is 458 g/mol.